The molecule has 0 N–H and O–H groups in total. The third-order valence-corrected chi connectivity index (χ3v) is 3.17. The molecule has 0 aliphatic rings. The molecular weight excluding hydrogens is 315 g/mol. The van der Waals surface area contributed by atoms with Gasteiger partial charge in [0.15, 0.2) is 5.58 Å². The fourth-order valence-corrected chi connectivity index (χ4v) is 2.14. The number of rotatable bonds is 2. The largest absolute Gasteiger partial charge is 0.374 e. The van der Waals surface area contributed by atoms with Crippen LogP contribution < -0.4 is 5.56 Å². The minimum Gasteiger partial charge on any atom is -0.374 e. The number of aromatic nitrogens is 2. The summed E-state index contributed by atoms with van der Waals surface area (Å²) in [5, 5.41) is 0.462. The van der Waals surface area contributed by atoms with Crippen molar-refractivity contribution >= 4 is 26.9 Å². The van der Waals surface area contributed by atoms with Crippen molar-refractivity contribution in [2.75, 3.05) is 0 Å². The number of hydrogen-bond acceptors (Lipinski definition) is 3. The highest BCUT2D eigenvalue weighted by Gasteiger charge is 2.10. The number of nitrogens with zero attached hydrogens (tertiary/aromatic N) is 2. The highest BCUT2D eigenvalue weighted by Crippen LogP contribution is 2.15. The van der Waals surface area contributed by atoms with Crippen LogP contribution in [-0.2, 0) is 6.54 Å². The van der Waals surface area contributed by atoms with E-state index >= 15 is 0 Å². The quantitative estimate of drug-likeness (QED) is 0.681. The zero-order valence-electron chi connectivity index (χ0n) is 9.64. The zero-order valence-corrected chi connectivity index (χ0v) is 11.2. The van der Waals surface area contributed by atoms with Gasteiger partial charge in [-0.05, 0) is 39.7 Å². The standard InChI is InChI=1S/C13H8BrFN2O2/c14-12-5-10-11(6-16-12)19-17(13(10)18)7-8-1-3-9(15)4-2-8/h1-6H,7H2. The van der Waals surface area contributed by atoms with Crippen LogP contribution in [0.15, 0.2) is 50.4 Å². The summed E-state index contributed by atoms with van der Waals surface area (Å²) in [5.41, 5.74) is 0.979. The molecule has 3 aromatic rings. The highest BCUT2D eigenvalue weighted by molar-refractivity contribution is 9.10. The van der Waals surface area contributed by atoms with Gasteiger partial charge in [-0.1, -0.05) is 12.1 Å². The molecule has 0 spiro atoms. The van der Waals surface area contributed by atoms with Crippen molar-refractivity contribution in [3.63, 3.8) is 0 Å². The molecule has 0 bridgehead atoms. The highest BCUT2D eigenvalue weighted by atomic mass is 79.9. The fraction of sp³-hybridized carbons (Fsp3) is 0.0769. The maximum atomic E-state index is 12.8. The lowest BCUT2D eigenvalue weighted by molar-refractivity contribution is 0.300. The van der Waals surface area contributed by atoms with Gasteiger partial charge in [0, 0.05) is 0 Å². The predicted molar refractivity (Wildman–Crippen MR) is 71.5 cm³/mol. The monoisotopic (exact) mass is 322 g/mol. The smallest absolute Gasteiger partial charge is 0.290 e. The molecule has 0 amide bonds. The maximum absolute atomic E-state index is 12.8. The lowest BCUT2D eigenvalue weighted by Gasteiger charge is -1.99. The summed E-state index contributed by atoms with van der Waals surface area (Å²) in [7, 11) is 0. The minimum atomic E-state index is -0.311. The molecule has 96 valence electrons. The summed E-state index contributed by atoms with van der Waals surface area (Å²) in [4.78, 5) is 16.1. The van der Waals surface area contributed by atoms with Crippen molar-refractivity contribution in [1.29, 1.82) is 0 Å². The van der Waals surface area contributed by atoms with E-state index in [1.165, 1.54) is 23.1 Å². The van der Waals surface area contributed by atoms with E-state index in [-0.39, 0.29) is 17.9 Å². The summed E-state index contributed by atoms with van der Waals surface area (Å²) < 4.78 is 20.0. The minimum absolute atomic E-state index is 0.234. The van der Waals surface area contributed by atoms with Gasteiger partial charge in [0.25, 0.3) is 5.56 Å². The van der Waals surface area contributed by atoms with Gasteiger partial charge in [0.1, 0.15) is 10.4 Å². The Kier molecular flexibility index (Phi) is 2.94. The van der Waals surface area contributed by atoms with Crippen molar-refractivity contribution in [3.05, 3.63) is 62.9 Å². The Morgan fingerprint density at radius 2 is 2.05 bits per heavy atom. The first kappa shape index (κ1) is 12.1. The van der Waals surface area contributed by atoms with Gasteiger partial charge >= 0.3 is 0 Å². The summed E-state index contributed by atoms with van der Waals surface area (Å²) in [6.45, 7) is 0.255. The van der Waals surface area contributed by atoms with E-state index in [1.54, 1.807) is 18.2 Å². The number of halogens is 2. The number of fused-ring (bicyclic) bond motifs is 1. The van der Waals surface area contributed by atoms with Crippen molar-refractivity contribution < 1.29 is 8.91 Å². The van der Waals surface area contributed by atoms with Crippen molar-refractivity contribution in [2.45, 2.75) is 6.54 Å². The van der Waals surface area contributed by atoms with E-state index in [4.69, 9.17) is 4.52 Å². The third-order valence-electron chi connectivity index (χ3n) is 2.74. The summed E-state index contributed by atoms with van der Waals surface area (Å²) in [6.07, 6.45) is 1.49. The van der Waals surface area contributed by atoms with Gasteiger partial charge in [-0.15, -0.1) is 0 Å². The van der Waals surface area contributed by atoms with E-state index < -0.39 is 0 Å². The molecule has 3 rings (SSSR count). The Morgan fingerprint density at radius 3 is 2.79 bits per heavy atom. The van der Waals surface area contributed by atoms with E-state index in [0.29, 0.717) is 15.6 Å². The molecule has 0 aliphatic carbocycles. The first-order valence-electron chi connectivity index (χ1n) is 5.53. The molecule has 0 saturated heterocycles. The summed E-state index contributed by atoms with van der Waals surface area (Å²) in [5.74, 6) is -0.311. The lowest BCUT2D eigenvalue weighted by Crippen LogP contribution is -2.14. The number of hydrogen-bond donors (Lipinski definition) is 0. The Balaban J connectivity index is 2.04. The normalized spacial score (nSPS) is 11.1. The van der Waals surface area contributed by atoms with E-state index in [1.807, 2.05) is 0 Å². The van der Waals surface area contributed by atoms with Crippen molar-refractivity contribution in [1.82, 2.24) is 9.72 Å². The summed E-state index contributed by atoms with van der Waals surface area (Å²) in [6, 6.07) is 7.54. The second-order valence-corrected chi connectivity index (χ2v) is 4.88. The van der Waals surface area contributed by atoms with Gasteiger partial charge in [-0.3, -0.25) is 4.79 Å². The Bertz CT molecular complexity index is 793. The Hall–Kier alpha value is -1.95. The second kappa shape index (κ2) is 4.62. The number of benzene rings is 1. The van der Waals surface area contributed by atoms with Crippen molar-refractivity contribution in [3.8, 4) is 0 Å². The van der Waals surface area contributed by atoms with Gasteiger partial charge in [-0.2, -0.15) is 4.74 Å². The Morgan fingerprint density at radius 1 is 1.32 bits per heavy atom. The van der Waals surface area contributed by atoms with Crippen LogP contribution in [0, 0.1) is 5.82 Å². The van der Waals surface area contributed by atoms with Crippen LogP contribution in [0.5, 0.6) is 0 Å². The van der Waals surface area contributed by atoms with Crippen molar-refractivity contribution in [2.24, 2.45) is 0 Å². The molecule has 1 aromatic carbocycles. The summed E-state index contributed by atoms with van der Waals surface area (Å²) >= 11 is 3.21. The second-order valence-electron chi connectivity index (χ2n) is 4.06. The first-order valence-corrected chi connectivity index (χ1v) is 6.32. The maximum Gasteiger partial charge on any atom is 0.290 e. The third kappa shape index (κ3) is 2.31. The average Bonchev–Trinajstić information content (AvgIpc) is 2.70. The molecule has 0 radical (unpaired) electrons. The molecule has 0 unspecified atom stereocenters. The van der Waals surface area contributed by atoms with Crippen LogP contribution in [0.2, 0.25) is 0 Å². The van der Waals surface area contributed by atoms with E-state index in [9.17, 15) is 9.18 Å². The molecule has 2 heterocycles. The SMILES string of the molecule is O=c1c2cc(Br)ncc2on1Cc1ccc(F)cc1. The fourth-order valence-electron chi connectivity index (χ4n) is 1.81. The Labute approximate surface area is 115 Å². The molecule has 0 aliphatic heterocycles. The van der Waals surface area contributed by atoms with Crippen LogP contribution in [0.1, 0.15) is 5.56 Å². The van der Waals surface area contributed by atoms with E-state index in [2.05, 4.69) is 20.9 Å². The van der Waals surface area contributed by atoms with Gasteiger partial charge in [-0.25, -0.2) is 9.37 Å². The van der Waals surface area contributed by atoms with Gasteiger partial charge < -0.3 is 4.52 Å². The first-order chi connectivity index (χ1) is 9.13. The molecule has 0 atom stereocenters. The van der Waals surface area contributed by atoms with Gasteiger partial charge in [0.05, 0.1) is 18.1 Å². The molecule has 4 nitrogen and oxygen atoms in total. The zero-order chi connectivity index (χ0) is 13.4. The molecule has 0 saturated carbocycles. The average molecular weight is 323 g/mol. The number of pyridine rings is 1. The van der Waals surface area contributed by atoms with Crippen LogP contribution in [0.25, 0.3) is 11.0 Å². The molecular formula is C13H8BrFN2O2. The molecule has 19 heavy (non-hydrogen) atoms. The topological polar surface area (TPSA) is 48.0 Å². The molecule has 6 heteroatoms. The van der Waals surface area contributed by atoms with Crippen LogP contribution in [0.3, 0.4) is 0 Å². The predicted octanol–water partition coefficient (Wildman–Crippen LogP) is 2.94. The lowest BCUT2D eigenvalue weighted by atomic mass is 10.2. The molecule has 2 aromatic heterocycles. The van der Waals surface area contributed by atoms with Crippen LogP contribution >= 0.6 is 15.9 Å². The van der Waals surface area contributed by atoms with Crippen LogP contribution in [0.4, 0.5) is 4.39 Å². The van der Waals surface area contributed by atoms with Crippen LogP contribution in [-0.4, -0.2) is 9.72 Å². The molecule has 0 fully saturated rings. The van der Waals surface area contributed by atoms with Gasteiger partial charge in [0.2, 0.25) is 0 Å². The van der Waals surface area contributed by atoms with E-state index in [0.717, 1.165) is 5.56 Å².